The van der Waals surface area contributed by atoms with E-state index < -0.39 is 11.7 Å². The third kappa shape index (κ3) is 7.06. The summed E-state index contributed by atoms with van der Waals surface area (Å²) in [5, 5.41) is 8.81. The number of para-hydroxylation sites is 1. The Balaban J connectivity index is 1.48. The Kier molecular flexibility index (Phi) is 7.86. The highest BCUT2D eigenvalue weighted by molar-refractivity contribution is 5.82. The van der Waals surface area contributed by atoms with Crippen LogP contribution in [0.5, 0.6) is 0 Å². The van der Waals surface area contributed by atoms with E-state index in [4.69, 9.17) is 4.74 Å². The molecule has 0 saturated heterocycles. The summed E-state index contributed by atoms with van der Waals surface area (Å²) < 4.78 is 7.03. The molecule has 0 saturated carbocycles. The summed E-state index contributed by atoms with van der Waals surface area (Å²) in [6.45, 7) is 6.51. The van der Waals surface area contributed by atoms with E-state index in [1.54, 1.807) is 16.8 Å². The Morgan fingerprint density at radius 3 is 2.33 bits per heavy atom. The topological polar surface area (TPSA) is 72.4 Å². The zero-order chi connectivity index (χ0) is 25.5. The van der Waals surface area contributed by atoms with Crippen LogP contribution in [0.15, 0.2) is 95.9 Å². The molecular formula is C30H33N3O3. The van der Waals surface area contributed by atoms with Crippen molar-refractivity contribution < 1.29 is 9.53 Å². The Bertz CT molecular complexity index is 1370. The molecular weight excluding hydrogens is 450 g/mol. The number of aromatic nitrogens is 1. The van der Waals surface area contributed by atoms with Crippen molar-refractivity contribution in [2.24, 2.45) is 0 Å². The van der Waals surface area contributed by atoms with E-state index in [0.29, 0.717) is 19.5 Å². The van der Waals surface area contributed by atoms with E-state index in [9.17, 15) is 9.59 Å². The van der Waals surface area contributed by atoms with E-state index in [0.717, 1.165) is 16.8 Å². The molecule has 0 aliphatic carbocycles. The third-order valence-corrected chi connectivity index (χ3v) is 5.80. The molecule has 0 bridgehead atoms. The number of amides is 1. The fraction of sp³-hybridized carbons (Fsp3) is 0.267. The van der Waals surface area contributed by atoms with E-state index >= 15 is 0 Å². The van der Waals surface area contributed by atoms with Crippen molar-refractivity contribution >= 4 is 16.9 Å². The average molecular weight is 484 g/mol. The highest BCUT2D eigenvalue weighted by atomic mass is 16.6. The molecule has 1 atom stereocenters. The lowest BCUT2D eigenvalue weighted by atomic mass is 10.0. The maximum atomic E-state index is 12.8. The smallest absolute Gasteiger partial charge is 0.407 e. The SMILES string of the molecule is CC(C)(C)OC(=O)NCC(Cc1ccn(-c2ccccc2)c(=O)c1)NCc1ccc2ccccc2c1. The number of carbonyl (C=O) groups is 1. The Hall–Kier alpha value is -3.90. The number of hydrogen-bond acceptors (Lipinski definition) is 4. The second-order valence-electron chi connectivity index (χ2n) is 9.93. The Labute approximate surface area is 211 Å². The summed E-state index contributed by atoms with van der Waals surface area (Å²) in [6.07, 6.45) is 1.92. The number of carbonyl (C=O) groups excluding carboxylic acids is 1. The van der Waals surface area contributed by atoms with Crippen molar-refractivity contribution in [3.63, 3.8) is 0 Å². The minimum Gasteiger partial charge on any atom is -0.444 e. The molecule has 1 amide bonds. The molecule has 1 aromatic heterocycles. The highest BCUT2D eigenvalue weighted by Gasteiger charge is 2.18. The van der Waals surface area contributed by atoms with Crippen molar-refractivity contribution in [1.29, 1.82) is 0 Å². The van der Waals surface area contributed by atoms with Crippen molar-refractivity contribution in [3.05, 3.63) is 113 Å². The van der Waals surface area contributed by atoms with Gasteiger partial charge < -0.3 is 15.4 Å². The number of fused-ring (bicyclic) bond motifs is 1. The van der Waals surface area contributed by atoms with Crippen LogP contribution in [0.1, 0.15) is 31.9 Å². The number of nitrogens with one attached hydrogen (secondary N) is 2. The number of nitrogens with zero attached hydrogens (tertiary/aromatic N) is 1. The van der Waals surface area contributed by atoms with Crippen molar-refractivity contribution in [2.45, 2.75) is 45.4 Å². The van der Waals surface area contributed by atoms with Gasteiger partial charge in [0.2, 0.25) is 0 Å². The molecule has 4 aromatic rings. The Morgan fingerprint density at radius 1 is 0.889 bits per heavy atom. The van der Waals surface area contributed by atoms with Crippen LogP contribution in [-0.4, -0.2) is 28.8 Å². The van der Waals surface area contributed by atoms with Gasteiger partial charge in [-0.1, -0.05) is 54.6 Å². The number of rotatable bonds is 8. The number of benzene rings is 3. The lowest BCUT2D eigenvalue weighted by Crippen LogP contribution is -2.43. The quantitative estimate of drug-likeness (QED) is 0.361. The van der Waals surface area contributed by atoms with E-state index in [1.165, 1.54) is 10.8 Å². The maximum Gasteiger partial charge on any atom is 0.407 e. The zero-order valence-electron chi connectivity index (χ0n) is 21.0. The van der Waals surface area contributed by atoms with Gasteiger partial charge in [0.15, 0.2) is 0 Å². The van der Waals surface area contributed by atoms with Gasteiger partial charge in [-0.05, 0) is 73.4 Å². The first-order valence-electron chi connectivity index (χ1n) is 12.2. The van der Waals surface area contributed by atoms with Crippen LogP contribution < -0.4 is 16.2 Å². The molecule has 2 N–H and O–H groups in total. The summed E-state index contributed by atoms with van der Waals surface area (Å²) in [4.78, 5) is 25.1. The van der Waals surface area contributed by atoms with Crippen LogP contribution >= 0.6 is 0 Å². The standard InChI is InChI=1S/C30H33N3O3/c1-30(2,3)36-29(35)32-21-26(31-20-23-13-14-24-9-7-8-10-25(24)17-23)18-22-15-16-33(28(34)19-22)27-11-5-4-6-12-27/h4-17,19,26,31H,18,20-21H2,1-3H3,(H,32,35). The molecule has 186 valence electrons. The average Bonchev–Trinajstić information content (AvgIpc) is 2.85. The summed E-state index contributed by atoms with van der Waals surface area (Å²) in [5.41, 5.74) is 2.21. The number of alkyl carbamates (subject to hydrolysis) is 1. The molecule has 6 nitrogen and oxygen atoms in total. The first-order valence-corrected chi connectivity index (χ1v) is 12.2. The molecule has 3 aromatic carbocycles. The van der Waals surface area contributed by atoms with E-state index in [-0.39, 0.29) is 11.6 Å². The minimum absolute atomic E-state index is 0.0907. The van der Waals surface area contributed by atoms with E-state index in [1.807, 2.05) is 69.3 Å². The predicted octanol–water partition coefficient (Wildman–Crippen LogP) is 5.22. The van der Waals surface area contributed by atoms with Crippen molar-refractivity contribution in [3.8, 4) is 5.69 Å². The van der Waals surface area contributed by atoms with Crippen LogP contribution in [0.4, 0.5) is 4.79 Å². The van der Waals surface area contributed by atoms with Crippen LogP contribution in [0.25, 0.3) is 16.5 Å². The molecule has 1 heterocycles. The van der Waals surface area contributed by atoms with Crippen LogP contribution in [0.3, 0.4) is 0 Å². The second kappa shape index (κ2) is 11.2. The second-order valence-corrected chi connectivity index (χ2v) is 9.93. The lowest BCUT2D eigenvalue weighted by molar-refractivity contribution is 0.0522. The van der Waals surface area contributed by atoms with Gasteiger partial charge in [0.1, 0.15) is 5.60 Å². The number of pyridine rings is 1. The molecule has 6 heteroatoms. The van der Waals surface area contributed by atoms with Gasteiger partial charge in [0, 0.05) is 37.1 Å². The van der Waals surface area contributed by atoms with Crippen LogP contribution in [-0.2, 0) is 17.7 Å². The van der Waals surface area contributed by atoms with Gasteiger partial charge >= 0.3 is 6.09 Å². The molecule has 36 heavy (non-hydrogen) atoms. The van der Waals surface area contributed by atoms with Gasteiger partial charge in [-0.2, -0.15) is 0 Å². The van der Waals surface area contributed by atoms with Crippen LogP contribution in [0.2, 0.25) is 0 Å². The van der Waals surface area contributed by atoms with Crippen molar-refractivity contribution in [1.82, 2.24) is 15.2 Å². The molecule has 4 rings (SSSR count). The van der Waals surface area contributed by atoms with Gasteiger partial charge in [0.05, 0.1) is 0 Å². The number of ether oxygens (including phenoxy) is 1. The van der Waals surface area contributed by atoms with Crippen LogP contribution in [0, 0.1) is 0 Å². The minimum atomic E-state index is -0.569. The van der Waals surface area contributed by atoms with Gasteiger partial charge in [-0.15, -0.1) is 0 Å². The summed E-state index contributed by atoms with van der Waals surface area (Å²) >= 11 is 0. The largest absolute Gasteiger partial charge is 0.444 e. The highest BCUT2D eigenvalue weighted by Crippen LogP contribution is 2.16. The third-order valence-electron chi connectivity index (χ3n) is 5.80. The summed E-state index contributed by atoms with van der Waals surface area (Å²) in [7, 11) is 0. The van der Waals surface area contributed by atoms with E-state index in [2.05, 4.69) is 41.0 Å². The molecule has 0 fully saturated rings. The maximum absolute atomic E-state index is 12.8. The van der Waals surface area contributed by atoms with Gasteiger partial charge in [-0.25, -0.2) is 4.79 Å². The lowest BCUT2D eigenvalue weighted by Gasteiger charge is -2.23. The monoisotopic (exact) mass is 483 g/mol. The van der Waals surface area contributed by atoms with Gasteiger partial charge in [-0.3, -0.25) is 9.36 Å². The van der Waals surface area contributed by atoms with Crippen molar-refractivity contribution in [2.75, 3.05) is 6.54 Å². The first kappa shape index (κ1) is 25.2. The Morgan fingerprint density at radius 2 is 1.61 bits per heavy atom. The fourth-order valence-electron chi connectivity index (χ4n) is 4.08. The summed E-state index contributed by atoms with van der Waals surface area (Å²) in [6, 6.07) is 27.7. The molecule has 0 aliphatic heterocycles. The normalized spacial score (nSPS) is 12.3. The molecule has 0 radical (unpaired) electrons. The predicted molar refractivity (Wildman–Crippen MR) is 145 cm³/mol. The van der Waals surface area contributed by atoms with Gasteiger partial charge in [0.25, 0.3) is 5.56 Å². The molecule has 1 unspecified atom stereocenters. The fourth-order valence-corrected chi connectivity index (χ4v) is 4.08. The zero-order valence-corrected chi connectivity index (χ0v) is 21.0. The molecule has 0 aliphatic rings. The summed E-state index contributed by atoms with van der Waals surface area (Å²) in [5.74, 6) is 0. The number of hydrogen-bond donors (Lipinski definition) is 2. The first-order chi connectivity index (χ1) is 17.3. The molecule has 0 spiro atoms.